The molecule has 0 amide bonds. The van der Waals surface area contributed by atoms with E-state index in [0.29, 0.717) is 0 Å². The first-order chi connectivity index (χ1) is 9.40. The molecule has 0 spiro atoms. The molecule has 0 aliphatic carbocycles. The van der Waals surface area contributed by atoms with Crippen LogP contribution in [0.4, 0.5) is 0 Å². The number of hydrogen-bond acceptors (Lipinski definition) is 6. The van der Waals surface area contributed by atoms with Gasteiger partial charge in [0.05, 0.1) is 14.9 Å². The van der Waals surface area contributed by atoms with Crippen molar-refractivity contribution < 1.29 is 28.9 Å². The van der Waals surface area contributed by atoms with Crippen LogP contribution in [0.1, 0.15) is 5.56 Å². The minimum Gasteiger partial charge on any atom is -0.383 e. The predicted molar refractivity (Wildman–Crippen MR) is 66.0 cm³/mol. The molecule has 0 atom stereocenters. The minimum atomic E-state index is -4.69. The summed E-state index contributed by atoms with van der Waals surface area (Å²) < 4.78 is 32.7. The molecule has 0 saturated heterocycles. The molecule has 3 N–H and O–H groups in total. The summed E-state index contributed by atoms with van der Waals surface area (Å²) in [6.07, 6.45) is 2.04. The van der Waals surface area contributed by atoms with Crippen molar-refractivity contribution in [1.82, 2.24) is 10.6 Å². The maximum Gasteiger partial charge on any atom is 0.122 e. The summed E-state index contributed by atoms with van der Waals surface area (Å²) in [7, 11) is -2.90. The van der Waals surface area contributed by atoms with Gasteiger partial charge in [-0.2, -0.15) is 14.0 Å². The van der Waals surface area contributed by atoms with E-state index in [9.17, 15) is 0 Å². The zero-order chi connectivity index (χ0) is 15.0. The fourth-order valence-corrected chi connectivity index (χ4v) is 1.57. The van der Waals surface area contributed by atoms with Crippen LogP contribution in [0, 0.1) is 10.2 Å². The highest BCUT2D eigenvalue weighted by Crippen LogP contribution is 2.11. The summed E-state index contributed by atoms with van der Waals surface area (Å²) >= 11 is 0. The SMILES string of the molecule is CN=C1C=C(c2ccccc2)NCCN1.[O-][Cl+3]([O-])([O-])O. The molecule has 0 fully saturated rings. The molecule has 1 aliphatic rings. The van der Waals surface area contributed by atoms with Gasteiger partial charge in [0, 0.05) is 31.9 Å². The Kier molecular flexibility index (Phi) is 6.43. The molecule has 8 heteroatoms. The monoisotopic (exact) mass is 301 g/mol. The van der Waals surface area contributed by atoms with Gasteiger partial charge in [-0.05, 0) is 5.56 Å². The summed E-state index contributed by atoms with van der Waals surface area (Å²) in [6, 6.07) is 10.3. The van der Waals surface area contributed by atoms with Crippen molar-refractivity contribution >= 4 is 11.5 Å². The molecule has 0 unspecified atom stereocenters. The molecule has 2 rings (SSSR count). The highest BCUT2D eigenvalue weighted by molar-refractivity contribution is 5.99. The van der Waals surface area contributed by atoms with E-state index < -0.39 is 10.2 Å². The van der Waals surface area contributed by atoms with E-state index in [1.54, 1.807) is 7.05 Å². The third-order valence-electron chi connectivity index (χ3n) is 2.35. The number of nitrogens with one attached hydrogen (secondary N) is 2. The van der Waals surface area contributed by atoms with Crippen LogP contribution in [0.3, 0.4) is 0 Å². The number of rotatable bonds is 1. The van der Waals surface area contributed by atoms with Gasteiger partial charge in [0.25, 0.3) is 0 Å². The van der Waals surface area contributed by atoms with Crippen molar-refractivity contribution in [3.63, 3.8) is 0 Å². The minimum absolute atomic E-state index is 0.902. The van der Waals surface area contributed by atoms with Crippen LogP contribution >= 0.6 is 0 Å². The van der Waals surface area contributed by atoms with Crippen LogP contribution in [0.15, 0.2) is 41.4 Å². The number of benzene rings is 1. The number of aliphatic imine (C=N–C) groups is 1. The van der Waals surface area contributed by atoms with Gasteiger partial charge < -0.3 is 10.6 Å². The first-order valence-electron chi connectivity index (χ1n) is 5.75. The Labute approximate surface area is 119 Å². The van der Waals surface area contributed by atoms with E-state index in [-0.39, 0.29) is 0 Å². The molecule has 0 radical (unpaired) electrons. The van der Waals surface area contributed by atoms with E-state index in [2.05, 4.69) is 27.8 Å². The van der Waals surface area contributed by atoms with E-state index in [0.717, 1.165) is 24.6 Å². The van der Waals surface area contributed by atoms with Crippen molar-refractivity contribution in [2.75, 3.05) is 20.1 Å². The average molecular weight is 302 g/mol. The van der Waals surface area contributed by atoms with E-state index in [1.165, 1.54) is 5.56 Å². The van der Waals surface area contributed by atoms with Crippen LogP contribution in [-0.2, 0) is 0 Å². The van der Waals surface area contributed by atoms with Gasteiger partial charge in [-0.15, -0.1) is 0 Å². The fraction of sp³-hybridized carbons (Fsp3) is 0.250. The Hall–Kier alpha value is -1.64. The first kappa shape index (κ1) is 16.4. The van der Waals surface area contributed by atoms with Gasteiger partial charge in [0.1, 0.15) is 5.84 Å². The summed E-state index contributed by atoms with van der Waals surface area (Å²) in [4.78, 5) is 4.17. The molecule has 0 aromatic heterocycles. The van der Waals surface area contributed by atoms with Crippen LogP contribution < -0.4 is 24.6 Å². The molecule has 110 valence electrons. The lowest BCUT2D eigenvalue weighted by atomic mass is 10.1. The largest absolute Gasteiger partial charge is 0.383 e. The molecule has 0 bridgehead atoms. The first-order valence-corrected chi connectivity index (χ1v) is 7.01. The van der Waals surface area contributed by atoms with Crippen LogP contribution in [0.5, 0.6) is 0 Å². The zero-order valence-corrected chi connectivity index (χ0v) is 11.6. The highest BCUT2D eigenvalue weighted by atomic mass is 35.7. The normalized spacial score (nSPS) is 17.1. The zero-order valence-electron chi connectivity index (χ0n) is 10.9. The van der Waals surface area contributed by atoms with E-state index >= 15 is 0 Å². The van der Waals surface area contributed by atoms with Crippen molar-refractivity contribution in [1.29, 1.82) is 0 Å². The van der Waals surface area contributed by atoms with Crippen molar-refractivity contribution in [2.45, 2.75) is 0 Å². The fourth-order valence-electron chi connectivity index (χ4n) is 1.57. The number of hydrogen-bond donors (Lipinski definition) is 3. The number of amidine groups is 1. The van der Waals surface area contributed by atoms with Gasteiger partial charge in [-0.1, -0.05) is 30.3 Å². The Balaban J connectivity index is 0.000000347. The molecule has 1 aromatic carbocycles. The lowest BCUT2D eigenvalue weighted by molar-refractivity contribution is -1.92. The quantitative estimate of drug-likeness (QED) is 0.512. The second-order valence-electron chi connectivity index (χ2n) is 3.78. The summed E-state index contributed by atoms with van der Waals surface area (Å²) in [5, 5.41) is 6.62. The van der Waals surface area contributed by atoms with Gasteiger partial charge >= 0.3 is 0 Å². The van der Waals surface area contributed by atoms with Crippen LogP contribution in [-0.4, -0.2) is 30.6 Å². The van der Waals surface area contributed by atoms with Gasteiger partial charge in [0.2, 0.25) is 0 Å². The smallest absolute Gasteiger partial charge is 0.122 e. The third kappa shape index (κ3) is 7.07. The summed E-state index contributed by atoms with van der Waals surface area (Å²) in [5.74, 6) is 0.929. The van der Waals surface area contributed by atoms with E-state index in [1.807, 2.05) is 24.3 Å². The van der Waals surface area contributed by atoms with Crippen molar-refractivity contribution in [3.8, 4) is 0 Å². The van der Waals surface area contributed by atoms with Gasteiger partial charge in [-0.25, -0.2) is 0 Å². The Morgan fingerprint density at radius 2 is 1.65 bits per heavy atom. The molecule has 20 heavy (non-hydrogen) atoms. The Morgan fingerprint density at radius 3 is 2.20 bits per heavy atom. The molecule has 1 aliphatic heterocycles. The maximum atomic E-state index is 8.60. The molecule has 1 heterocycles. The second kappa shape index (κ2) is 7.83. The van der Waals surface area contributed by atoms with Crippen molar-refractivity contribution in [2.24, 2.45) is 4.99 Å². The van der Waals surface area contributed by atoms with Crippen LogP contribution in [0.2, 0.25) is 0 Å². The topological polar surface area (TPSA) is 126 Å². The summed E-state index contributed by atoms with van der Waals surface area (Å²) in [5.41, 5.74) is 2.32. The molecular formula is C12H16ClN3O4. The number of nitrogens with zero attached hydrogens (tertiary/aromatic N) is 1. The van der Waals surface area contributed by atoms with Crippen molar-refractivity contribution in [3.05, 3.63) is 42.0 Å². The number of halogens is 1. The van der Waals surface area contributed by atoms with Gasteiger partial charge in [0.15, 0.2) is 0 Å². The lowest BCUT2D eigenvalue weighted by Crippen LogP contribution is -2.58. The third-order valence-corrected chi connectivity index (χ3v) is 2.35. The van der Waals surface area contributed by atoms with Gasteiger partial charge in [-0.3, -0.25) is 4.99 Å². The average Bonchev–Trinajstić information content (AvgIpc) is 2.63. The standard InChI is InChI=1S/C12H15N3.ClHO4/c1-13-12-9-11(14-7-8-15-12)10-5-3-2-4-6-10;2-1(3,4)5/h2-6,9,14H,7-8H2,1H3,(H,13,15);(H,2,3,4,5). The summed E-state index contributed by atoms with van der Waals surface area (Å²) in [6.45, 7) is 1.82. The second-order valence-corrected chi connectivity index (χ2v) is 4.57. The Bertz CT molecular complexity index is 465. The molecule has 7 nitrogen and oxygen atoms in total. The van der Waals surface area contributed by atoms with E-state index in [4.69, 9.17) is 18.6 Å². The van der Waals surface area contributed by atoms with Crippen LogP contribution in [0.25, 0.3) is 5.70 Å². The predicted octanol–water partition coefficient (Wildman–Crippen LogP) is -2.88. The maximum absolute atomic E-state index is 8.60. The molecule has 0 saturated carbocycles. The Morgan fingerprint density at radius 1 is 1.10 bits per heavy atom. The lowest BCUT2D eigenvalue weighted by Gasteiger charge is -2.07. The molecular weight excluding hydrogens is 286 g/mol. The molecule has 1 aromatic rings. The highest BCUT2D eigenvalue weighted by Gasteiger charge is 2.06.